The van der Waals surface area contributed by atoms with E-state index in [-0.39, 0.29) is 18.6 Å². The molecule has 0 aliphatic rings. The summed E-state index contributed by atoms with van der Waals surface area (Å²) in [6.07, 6.45) is 0.741. The number of urea groups is 1. The lowest BCUT2D eigenvalue weighted by Gasteiger charge is -2.14. The van der Waals surface area contributed by atoms with E-state index < -0.39 is 24.5 Å². The largest absolute Gasteiger partial charge is 0.482 e. The summed E-state index contributed by atoms with van der Waals surface area (Å²) >= 11 is 0. The third-order valence-electron chi connectivity index (χ3n) is 3.74. The number of carbonyl (C=O) groups excluding carboxylic acids is 3. The van der Waals surface area contributed by atoms with Crippen molar-refractivity contribution in [1.29, 1.82) is 0 Å². The molecule has 0 aliphatic carbocycles. The molecule has 26 heavy (non-hydrogen) atoms. The van der Waals surface area contributed by atoms with Gasteiger partial charge in [0.15, 0.2) is 13.2 Å². The van der Waals surface area contributed by atoms with Crippen molar-refractivity contribution in [1.82, 2.24) is 10.6 Å². The van der Waals surface area contributed by atoms with Crippen molar-refractivity contribution < 1.29 is 23.9 Å². The molecular formula is C19H28N2O5. The maximum Gasteiger partial charge on any atom is 0.344 e. The molecule has 0 radical (unpaired) electrons. The van der Waals surface area contributed by atoms with Crippen molar-refractivity contribution in [2.75, 3.05) is 13.2 Å². The smallest absolute Gasteiger partial charge is 0.344 e. The molecule has 1 aromatic rings. The van der Waals surface area contributed by atoms with Crippen molar-refractivity contribution >= 4 is 17.9 Å². The molecule has 144 valence electrons. The van der Waals surface area contributed by atoms with E-state index in [9.17, 15) is 14.4 Å². The van der Waals surface area contributed by atoms with E-state index in [0.29, 0.717) is 5.75 Å². The summed E-state index contributed by atoms with van der Waals surface area (Å²) < 4.78 is 10.4. The Labute approximate surface area is 154 Å². The summed E-state index contributed by atoms with van der Waals surface area (Å²) in [6.45, 7) is 8.88. The molecule has 0 saturated heterocycles. The Morgan fingerprint density at radius 2 is 1.81 bits per heavy atom. The number of ether oxygens (including phenoxy) is 2. The molecule has 0 fully saturated rings. The molecule has 2 N–H and O–H groups in total. The van der Waals surface area contributed by atoms with Crippen molar-refractivity contribution in [2.24, 2.45) is 0 Å². The average molecular weight is 364 g/mol. The fraction of sp³-hybridized carbons (Fsp3) is 0.526. The second-order valence-corrected chi connectivity index (χ2v) is 6.48. The maximum atomic E-state index is 11.8. The van der Waals surface area contributed by atoms with Crippen LogP contribution in [0.25, 0.3) is 0 Å². The molecule has 3 amide bonds. The predicted octanol–water partition coefficient (Wildman–Crippen LogP) is 2.66. The van der Waals surface area contributed by atoms with Crippen LogP contribution in [0.5, 0.6) is 5.75 Å². The Kier molecular flexibility index (Phi) is 8.61. The molecular weight excluding hydrogens is 336 g/mol. The van der Waals surface area contributed by atoms with Gasteiger partial charge in [0.2, 0.25) is 0 Å². The summed E-state index contributed by atoms with van der Waals surface area (Å²) in [4.78, 5) is 34.9. The van der Waals surface area contributed by atoms with Crippen molar-refractivity contribution in [3.05, 3.63) is 29.3 Å². The summed E-state index contributed by atoms with van der Waals surface area (Å²) in [6, 6.07) is 5.13. The lowest BCUT2D eigenvalue weighted by atomic mass is 10.0. The van der Waals surface area contributed by atoms with E-state index in [2.05, 4.69) is 10.6 Å². The summed E-state index contributed by atoms with van der Waals surface area (Å²) in [7, 11) is 0. The van der Waals surface area contributed by atoms with Crippen LogP contribution in [-0.4, -0.2) is 37.2 Å². The summed E-state index contributed by atoms with van der Waals surface area (Å²) in [5, 5.41) is 4.68. The molecule has 1 atom stereocenters. The van der Waals surface area contributed by atoms with Crippen LogP contribution in [0.1, 0.15) is 51.2 Å². The number of nitrogens with one attached hydrogen (secondary N) is 2. The van der Waals surface area contributed by atoms with Crippen molar-refractivity contribution in [3.8, 4) is 5.75 Å². The highest BCUT2D eigenvalue weighted by atomic mass is 16.6. The number of benzene rings is 1. The number of rotatable bonds is 8. The fourth-order valence-corrected chi connectivity index (χ4v) is 2.09. The highest BCUT2D eigenvalue weighted by molar-refractivity contribution is 5.95. The number of esters is 1. The van der Waals surface area contributed by atoms with Gasteiger partial charge in [-0.15, -0.1) is 0 Å². The van der Waals surface area contributed by atoms with Crippen molar-refractivity contribution in [2.45, 2.75) is 53.0 Å². The third kappa shape index (κ3) is 7.55. The molecule has 0 aromatic heterocycles. The Hall–Kier alpha value is -2.57. The zero-order chi connectivity index (χ0) is 19.7. The Balaban J connectivity index is 2.42. The van der Waals surface area contributed by atoms with Crippen LogP contribution in [0.4, 0.5) is 4.79 Å². The van der Waals surface area contributed by atoms with Gasteiger partial charge in [0.25, 0.3) is 5.91 Å². The highest BCUT2D eigenvalue weighted by Gasteiger charge is 2.14. The van der Waals surface area contributed by atoms with E-state index in [0.717, 1.165) is 17.5 Å². The molecule has 0 bridgehead atoms. The van der Waals surface area contributed by atoms with E-state index in [1.165, 1.54) is 0 Å². The first-order valence-electron chi connectivity index (χ1n) is 8.72. The Morgan fingerprint density at radius 3 is 2.42 bits per heavy atom. The van der Waals surface area contributed by atoms with E-state index in [1.54, 1.807) is 0 Å². The molecule has 0 aliphatic heterocycles. The maximum absolute atomic E-state index is 11.8. The first-order valence-corrected chi connectivity index (χ1v) is 8.72. The Bertz CT molecular complexity index is 643. The number of imide groups is 1. The first-order chi connectivity index (χ1) is 12.2. The van der Waals surface area contributed by atoms with E-state index in [4.69, 9.17) is 9.47 Å². The van der Waals surface area contributed by atoms with Crippen molar-refractivity contribution in [3.63, 3.8) is 0 Å². The lowest BCUT2D eigenvalue weighted by Crippen LogP contribution is -2.44. The predicted molar refractivity (Wildman–Crippen MR) is 98.1 cm³/mol. The van der Waals surface area contributed by atoms with Gasteiger partial charge in [-0.05, 0) is 43.4 Å². The van der Waals surface area contributed by atoms with E-state index >= 15 is 0 Å². The van der Waals surface area contributed by atoms with Gasteiger partial charge in [0.1, 0.15) is 5.75 Å². The molecule has 0 heterocycles. The second kappa shape index (κ2) is 10.4. The third-order valence-corrected chi connectivity index (χ3v) is 3.74. The van der Waals surface area contributed by atoms with E-state index in [1.807, 2.05) is 52.8 Å². The number of aryl methyl sites for hydroxylation is 1. The van der Waals surface area contributed by atoms with Gasteiger partial charge in [-0.2, -0.15) is 0 Å². The van der Waals surface area contributed by atoms with Gasteiger partial charge in [0.05, 0.1) is 0 Å². The monoisotopic (exact) mass is 364 g/mol. The minimum atomic E-state index is -0.697. The SMILES string of the molecule is CC[C@@H](C)NC(=O)NC(=O)COC(=O)COc1cc(C)ccc1C(C)C. The topological polar surface area (TPSA) is 93.7 Å². The van der Waals surface area contributed by atoms with Crippen LogP contribution in [0.3, 0.4) is 0 Å². The first kappa shape index (κ1) is 21.5. The fourth-order valence-electron chi connectivity index (χ4n) is 2.09. The summed E-state index contributed by atoms with van der Waals surface area (Å²) in [5.74, 6) is -0.512. The standard InChI is InChI=1S/C19H28N2O5/c1-6-14(5)20-19(24)21-17(22)10-26-18(23)11-25-16-9-13(4)7-8-15(16)12(2)3/h7-9,12,14H,6,10-11H2,1-5H3,(H2,20,21,22,24)/t14-/m1/s1. The van der Waals surface area contributed by atoms with Crippen LogP contribution >= 0.6 is 0 Å². The molecule has 1 rings (SSSR count). The summed E-state index contributed by atoms with van der Waals surface area (Å²) in [5.41, 5.74) is 2.01. The number of hydrogen-bond donors (Lipinski definition) is 2. The van der Waals surface area contributed by atoms with Gasteiger partial charge in [-0.3, -0.25) is 10.1 Å². The molecule has 0 saturated carbocycles. The van der Waals surface area contributed by atoms with Crippen LogP contribution < -0.4 is 15.4 Å². The Morgan fingerprint density at radius 1 is 1.12 bits per heavy atom. The van der Waals surface area contributed by atoms with Gasteiger partial charge in [-0.1, -0.05) is 32.9 Å². The average Bonchev–Trinajstić information content (AvgIpc) is 2.57. The molecule has 7 heteroatoms. The van der Waals surface area contributed by atoms with Crippen LogP contribution in [-0.2, 0) is 14.3 Å². The molecule has 0 unspecified atom stereocenters. The van der Waals surface area contributed by atoms with Gasteiger partial charge >= 0.3 is 12.0 Å². The number of hydrogen-bond acceptors (Lipinski definition) is 5. The van der Waals surface area contributed by atoms with Gasteiger partial charge in [0, 0.05) is 6.04 Å². The minimum absolute atomic E-state index is 0.0526. The number of amides is 3. The van der Waals surface area contributed by atoms with Gasteiger partial charge in [-0.25, -0.2) is 9.59 Å². The number of carbonyl (C=O) groups is 3. The second-order valence-electron chi connectivity index (χ2n) is 6.48. The van der Waals surface area contributed by atoms with Gasteiger partial charge < -0.3 is 14.8 Å². The van der Waals surface area contributed by atoms with Crippen LogP contribution in [0.2, 0.25) is 0 Å². The molecule has 0 spiro atoms. The lowest BCUT2D eigenvalue weighted by molar-refractivity contribution is -0.150. The molecule has 1 aromatic carbocycles. The zero-order valence-electron chi connectivity index (χ0n) is 16.0. The minimum Gasteiger partial charge on any atom is -0.482 e. The normalized spacial score (nSPS) is 11.6. The molecule has 7 nitrogen and oxygen atoms in total. The quantitative estimate of drug-likeness (QED) is 0.692. The van der Waals surface area contributed by atoms with Crippen LogP contribution in [0, 0.1) is 6.92 Å². The zero-order valence-corrected chi connectivity index (χ0v) is 16.0. The highest BCUT2D eigenvalue weighted by Crippen LogP contribution is 2.27. The van der Waals surface area contributed by atoms with Crippen LogP contribution in [0.15, 0.2) is 18.2 Å².